The number of amides is 1. The van der Waals surface area contributed by atoms with Gasteiger partial charge in [0, 0.05) is 19.9 Å². The number of carbonyl (C=O) groups is 3. The molecule has 0 saturated heterocycles. The second-order valence-electron chi connectivity index (χ2n) is 5.21. The molecule has 0 saturated carbocycles. The molecule has 1 aromatic rings. The van der Waals surface area contributed by atoms with Gasteiger partial charge in [-0.1, -0.05) is 38.5 Å². The molecule has 0 unspecified atom stereocenters. The fourth-order valence-corrected chi connectivity index (χ4v) is 1.42. The molecule has 1 aromatic carbocycles. The summed E-state index contributed by atoms with van der Waals surface area (Å²) in [7, 11) is 1.52. The molecular formula is C19H31NO4. The van der Waals surface area contributed by atoms with Gasteiger partial charge in [-0.3, -0.25) is 0 Å². The van der Waals surface area contributed by atoms with Crippen LogP contribution in [-0.4, -0.2) is 24.7 Å². The maximum atomic E-state index is 10.6. The highest BCUT2D eigenvalue weighted by Crippen LogP contribution is 2.07. The van der Waals surface area contributed by atoms with Crippen molar-refractivity contribution < 1.29 is 19.1 Å². The van der Waals surface area contributed by atoms with E-state index in [0.717, 1.165) is 32.1 Å². The van der Waals surface area contributed by atoms with Crippen LogP contribution in [0.5, 0.6) is 5.75 Å². The molecule has 0 aliphatic rings. The summed E-state index contributed by atoms with van der Waals surface area (Å²) in [4.78, 5) is 30.9. The first-order valence-electron chi connectivity index (χ1n) is 8.30. The first-order chi connectivity index (χ1) is 11.4. The van der Waals surface area contributed by atoms with Crippen molar-refractivity contribution in [2.24, 2.45) is 0 Å². The summed E-state index contributed by atoms with van der Waals surface area (Å²) >= 11 is 0. The molecule has 0 spiro atoms. The summed E-state index contributed by atoms with van der Waals surface area (Å²) < 4.78 is 4.81. The average Bonchev–Trinajstić information content (AvgIpc) is 2.54. The third-order valence-corrected chi connectivity index (χ3v) is 2.64. The van der Waals surface area contributed by atoms with Crippen LogP contribution in [0, 0.1) is 0 Å². The largest absolute Gasteiger partial charge is 0.412 e. The molecule has 5 heteroatoms. The Hall–Kier alpha value is -2.17. The Morgan fingerprint density at radius 3 is 1.75 bits per heavy atom. The van der Waals surface area contributed by atoms with Gasteiger partial charge in [-0.2, -0.15) is 0 Å². The lowest BCUT2D eigenvalue weighted by Crippen LogP contribution is -2.21. The van der Waals surface area contributed by atoms with Gasteiger partial charge in [-0.15, -0.1) is 0 Å². The molecule has 24 heavy (non-hydrogen) atoms. The quantitative estimate of drug-likeness (QED) is 0.827. The van der Waals surface area contributed by atoms with Crippen molar-refractivity contribution in [1.82, 2.24) is 5.32 Å². The van der Waals surface area contributed by atoms with Crippen LogP contribution in [-0.2, 0) is 9.59 Å². The molecule has 1 amide bonds. The van der Waals surface area contributed by atoms with E-state index in [1.807, 2.05) is 13.0 Å². The van der Waals surface area contributed by atoms with Crippen molar-refractivity contribution in [1.29, 1.82) is 0 Å². The summed E-state index contributed by atoms with van der Waals surface area (Å²) in [5.74, 6) is 1.14. The number of carbonyl (C=O) groups excluding carboxylic acids is 3. The Morgan fingerprint density at radius 1 is 0.917 bits per heavy atom. The van der Waals surface area contributed by atoms with Gasteiger partial charge in [-0.25, -0.2) is 4.79 Å². The first kappa shape index (κ1) is 24.1. The number of nitrogens with one attached hydrogen (secondary N) is 1. The van der Waals surface area contributed by atoms with Crippen LogP contribution in [0.3, 0.4) is 0 Å². The highest BCUT2D eigenvalue weighted by atomic mass is 16.5. The molecule has 0 heterocycles. The van der Waals surface area contributed by atoms with E-state index in [2.05, 4.69) is 12.2 Å². The van der Waals surface area contributed by atoms with Gasteiger partial charge in [0.1, 0.15) is 17.3 Å². The number of hydrogen-bond acceptors (Lipinski definition) is 4. The van der Waals surface area contributed by atoms with E-state index in [4.69, 9.17) is 4.74 Å². The van der Waals surface area contributed by atoms with Crippen molar-refractivity contribution >= 4 is 17.7 Å². The molecule has 0 aliphatic heterocycles. The van der Waals surface area contributed by atoms with E-state index in [0.29, 0.717) is 11.5 Å². The summed E-state index contributed by atoms with van der Waals surface area (Å²) in [6, 6.07) is 8.90. The minimum absolute atomic E-state index is 0.289. The SMILES string of the molecule is CCCC(C)=O.CCCCC(C)=O.CNC(=O)Oc1ccccc1. The van der Waals surface area contributed by atoms with Gasteiger partial charge in [0.2, 0.25) is 0 Å². The van der Waals surface area contributed by atoms with Crippen molar-refractivity contribution in [3.63, 3.8) is 0 Å². The Bertz CT molecular complexity index is 458. The minimum atomic E-state index is -0.448. The smallest absolute Gasteiger partial charge is 0.410 e. The number of unbranched alkanes of at least 4 members (excludes halogenated alkanes) is 1. The van der Waals surface area contributed by atoms with E-state index >= 15 is 0 Å². The molecule has 0 aromatic heterocycles. The van der Waals surface area contributed by atoms with Crippen LogP contribution < -0.4 is 10.1 Å². The van der Waals surface area contributed by atoms with Gasteiger partial charge in [0.25, 0.3) is 0 Å². The Balaban J connectivity index is 0. The Labute approximate surface area is 145 Å². The summed E-state index contributed by atoms with van der Waals surface area (Å²) in [6.07, 6.45) is 4.21. The highest BCUT2D eigenvalue weighted by molar-refractivity contribution is 5.75. The van der Waals surface area contributed by atoms with Gasteiger partial charge in [0.15, 0.2) is 0 Å². The zero-order chi connectivity index (χ0) is 18.8. The Morgan fingerprint density at radius 2 is 1.46 bits per heavy atom. The fraction of sp³-hybridized carbons (Fsp3) is 0.526. The predicted octanol–water partition coefficient (Wildman–Crippen LogP) is 4.55. The van der Waals surface area contributed by atoms with Gasteiger partial charge < -0.3 is 19.6 Å². The molecule has 0 aliphatic carbocycles. The number of ether oxygens (including phenoxy) is 1. The third kappa shape index (κ3) is 19.8. The zero-order valence-corrected chi connectivity index (χ0v) is 15.6. The van der Waals surface area contributed by atoms with Crippen LogP contribution in [0.2, 0.25) is 0 Å². The molecule has 5 nitrogen and oxygen atoms in total. The van der Waals surface area contributed by atoms with E-state index in [-0.39, 0.29) is 5.78 Å². The van der Waals surface area contributed by atoms with Crippen molar-refractivity contribution in [3.8, 4) is 5.75 Å². The van der Waals surface area contributed by atoms with E-state index in [1.165, 1.54) is 7.05 Å². The lowest BCUT2D eigenvalue weighted by Gasteiger charge is -2.00. The van der Waals surface area contributed by atoms with E-state index in [1.54, 1.807) is 38.1 Å². The van der Waals surface area contributed by atoms with Crippen molar-refractivity contribution in [2.75, 3.05) is 7.05 Å². The monoisotopic (exact) mass is 337 g/mol. The van der Waals surface area contributed by atoms with Crippen molar-refractivity contribution in [3.05, 3.63) is 30.3 Å². The Kier molecular flexibility index (Phi) is 17.3. The molecule has 136 valence electrons. The van der Waals surface area contributed by atoms with E-state index in [9.17, 15) is 14.4 Å². The van der Waals surface area contributed by atoms with Gasteiger partial charge in [0.05, 0.1) is 0 Å². The van der Waals surface area contributed by atoms with Gasteiger partial charge >= 0.3 is 6.09 Å². The molecule has 1 rings (SSSR count). The fourth-order valence-electron chi connectivity index (χ4n) is 1.42. The second-order valence-corrected chi connectivity index (χ2v) is 5.21. The number of ketones is 2. The maximum Gasteiger partial charge on any atom is 0.412 e. The number of Topliss-reactive ketones (excluding diaryl/α,β-unsaturated/α-hetero) is 2. The number of benzene rings is 1. The third-order valence-electron chi connectivity index (χ3n) is 2.64. The lowest BCUT2D eigenvalue weighted by molar-refractivity contribution is -0.117. The normalized spacial score (nSPS) is 8.71. The minimum Gasteiger partial charge on any atom is -0.410 e. The topological polar surface area (TPSA) is 72.5 Å². The molecule has 0 bridgehead atoms. The van der Waals surface area contributed by atoms with Crippen LogP contribution >= 0.6 is 0 Å². The average molecular weight is 337 g/mol. The standard InChI is InChI=1S/C8H9NO2.C6H12O.C5H10O/c1-9-8(10)11-7-5-3-2-4-6-7;1-3-4-5-6(2)7;1-3-4-5(2)6/h2-6H,1H3,(H,9,10);3-5H2,1-2H3;3-4H2,1-2H3. The van der Waals surface area contributed by atoms with Crippen LogP contribution in [0.15, 0.2) is 30.3 Å². The first-order valence-corrected chi connectivity index (χ1v) is 8.30. The second kappa shape index (κ2) is 17.2. The molecule has 0 fully saturated rings. The number of para-hydroxylation sites is 1. The maximum absolute atomic E-state index is 10.6. The van der Waals surface area contributed by atoms with Gasteiger partial charge in [-0.05, 0) is 38.8 Å². The predicted molar refractivity (Wildman–Crippen MR) is 97.3 cm³/mol. The van der Waals surface area contributed by atoms with E-state index < -0.39 is 6.09 Å². The molecule has 1 N–H and O–H groups in total. The van der Waals surface area contributed by atoms with Crippen LogP contribution in [0.1, 0.15) is 59.8 Å². The molecule has 0 radical (unpaired) electrons. The number of hydrogen-bond donors (Lipinski definition) is 1. The number of rotatable bonds is 6. The lowest BCUT2D eigenvalue weighted by atomic mass is 10.2. The molecular weight excluding hydrogens is 306 g/mol. The van der Waals surface area contributed by atoms with Crippen LogP contribution in [0.4, 0.5) is 4.79 Å². The van der Waals surface area contributed by atoms with Crippen LogP contribution in [0.25, 0.3) is 0 Å². The summed E-state index contributed by atoms with van der Waals surface area (Å²) in [5, 5.41) is 2.35. The van der Waals surface area contributed by atoms with Crippen molar-refractivity contribution in [2.45, 2.75) is 59.8 Å². The zero-order valence-electron chi connectivity index (χ0n) is 15.6. The molecule has 0 atom stereocenters. The summed E-state index contributed by atoms with van der Waals surface area (Å²) in [6.45, 7) is 7.34. The summed E-state index contributed by atoms with van der Waals surface area (Å²) in [5.41, 5.74) is 0. The highest BCUT2D eigenvalue weighted by Gasteiger charge is 1.97.